The average molecular weight is 459 g/mol. The number of nitrogens with one attached hydrogen (secondary N) is 1. The van der Waals surface area contributed by atoms with Crippen molar-refractivity contribution in [1.82, 2.24) is 20.1 Å². The van der Waals surface area contributed by atoms with Gasteiger partial charge in [0.2, 0.25) is 11.8 Å². The summed E-state index contributed by atoms with van der Waals surface area (Å²) in [5.41, 5.74) is 2.87. The zero-order valence-corrected chi connectivity index (χ0v) is 18.8. The fourth-order valence-corrected chi connectivity index (χ4v) is 5.17. The second kappa shape index (κ2) is 8.27. The van der Waals surface area contributed by atoms with Gasteiger partial charge in [0, 0.05) is 24.7 Å². The number of benzene rings is 2. The van der Waals surface area contributed by atoms with E-state index in [9.17, 15) is 14.4 Å². The molecule has 0 radical (unpaired) electrons. The van der Waals surface area contributed by atoms with Gasteiger partial charge in [0.1, 0.15) is 11.6 Å². The summed E-state index contributed by atoms with van der Waals surface area (Å²) in [6.07, 6.45) is 3.57. The third-order valence-corrected chi connectivity index (χ3v) is 7.03. The molecule has 1 saturated carbocycles. The van der Waals surface area contributed by atoms with E-state index in [1.165, 1.54) is 0 Å². The predicted molar refractivity (Wildman–Crippen MR) is 124 cm³/mol. The molecule has 0 bridgehead atoms. The largest absolute Gasteiger partial charge is 0.440 e. The molecule has 8 heteroatoms. The van der Waals surface area contributed by atoms with Crippen LogP contribution in [0.4, 0.5) is 0 Å². The van der Waals surface area contributed by atoms with Crippen molar-refractivity contribution in [2.45, 2.75) is 43.7 Å². The summed E-state index contributed by atoms with van der Waals surface area (Å²) >= 11 is 0. The Morgan fingerprint density at radius 3 is 2.68 bits per heavy atom. The molecular formula is C26H26N4O4. The number of hydrogen-bond donors (Lipinski definition) is 1. The highest BCUT2D eigenvalue weighted by atomic mass is 16.3. The number of para-hydroxylation sites is 2. The number of carbonyl (C=O) groups is 3. The molecule has 3 aliphatic rings. The van der Waals surface area contributed by atoms with E-state index >= 15 is 0 Å². The Hall–Kier alpha value is -3.68. The van der Waals surface area contributed by atoms with Gasteiger partial charge in [0.25, 0.3) is 5.91 Å². The smallest absolute Gasteiger partial charge is 0.255 e. The fraction of sp³-hybridized carbons (Fsp3) is 0.385. The lowest BCUT2D eigenvalue weighted by Gasteiger charge is -2.31. The second-order valence-corrected chi connectivity index (χ2v) is 9.35. The summed E-state index contributed by atoms with van der Waals surface area (Å²) in [6, 6.07) is 14.3. The topological polar surface area (TPSA) is 95.7 Å². The van der Waals surface area contributed by atoms with Crippen LogP contribution in [0.1, 0.15) is 59.5 Å². The Labute approximate surface area is 196 Å². The van der Waals surface area contributed by atoms with Crippen LogP contribution in [0.3, 0.4) is 0 Å². The van der Waals surface area contributed by atoms with Crippen molar-refractivity contribution in [2.24, 2.45) is 0 Å². The molecule has 174 valence electrons. The monoisotopic (exact) mass is 458 g/mol. The lowest BCUT2D eigenvalue weighted by molar-refractivity contribution is -0.135. The van der Waals surface area contributed by atoms with Crippen molar-refractivity contribution in [3.8, 4) is 0 Å². The predicted octanol–water partition coefficient (Wildman–Crippen LogP) is 3.01. The third-order valence-electron chi connectivity index (χ3n) is 7.03. The van der Waals surface area contributed by atoms with Crippen LogP contribution >= 0.6 is 0 Å². The van der Waals surface area contributed by atoms with Crippen molar-refractivity contribution < 1.29 is 18.8 Å². The van der Waals surface area contributed by atoms with Crippen LogP contribution in [-0.2, 0) is 9.59 Å². The number of nitrogens with zero attached hydrogens (tertiary/aromatic N) is 3. The van der Waals surface area contributed by atoms with Crippen LogP contribution in [-0.4, -0.2) is 58.2 Å². The zero-order chi connectivity index (χ0) is 23.2. The van der Waals surface area contributed by atoms with Gasteiger partial charge in [-0.05, 0) is 49.4 Å². The highest BCUT2D eigenvalue weighted by Crippen LogP contribution is 2.41. The summed E-state index contributed by atoms with van der Waals surface area (Å²) < 4.78 is 5.93. The number of rotatable bonds is 5. The first-order chi connectivity index (χ1) is 16.6. The summed E-state index contributed by atoms with van der Waals surface area (Å²) in [7, 11) is 0. The van der Waals surface area contributed by atoms with Gasteiger partial charge in [0.05, 0.1) is 12.5 Å². The summed E-state index contributed by atoms with van der Waals surface area (Å²) in [6.45, 7) is 1.06. The molecule has 0 spiro atoms. The molecule has 3 amide bonds. The van der Waals surface area contributed by atoms with Crippen LogP contribution < -0.4 is 5.32 Å². The Kier molecular flexibility index (Phi) is 5.08. The molecule has 2 aromatic carbocycles. The first kappa shape index (κ1) is 20.9. The summed E-state index contributed by atoms with van der Waals surface area (Å²) in [5.74, 6) is 0.159. The fourth-order valence-electron chi connectivity index (χ4n) is 5.17. The van der Waals surface area contributed by atoms with Gasteiger partial charge in [-0.15, -0.1) is 0 Å². The van der Waals surface area contributed by atoms with Gasteiger partial charge in [0.15, 0.2) is 11.5 Å². The standard InChI is InChI=1S/C26H26N4O4/c31-22(29-13-5-6-16(15-29)25-28-20-9-3-4-10-21(20)34-25)14-27-24(32)23-18-7-1-2-8-19(18)26(33)30(23)17-11-12-17/h1-4,7-10,16-17,23H,5-6,11-15H2,(H,27,32). The lowest BCUT2D eigenvalue weighted by atomic mass is 9.98. The first-order valence-electron chi connectivity index (χ1n) is 11.9. The van der Waals surface area contributed by atoms with Crippen molar-refractivity contribution >= 4 is 28.8 Å². The van der Waals surface area contributed by atoms with Gasteiger partial charge in [-0.2, -0.15) is 0 Å². The second-order valence-electron chi connectivity index (χ2n) is 9.35. The van der Waals surface area contributed by atoms with Crippen LogP contribution in [0.5, 0.6) is 0 Å². The van der Waals surface area contributed by atoms with E-state index in [2.05, 4.69) is 10.3 Å². The average Bonchev–Trinajstić information content (AvgIpc) is 3.54. The highest BCUT2D eigenvalue weighted by molar-refractivity contribution is 6.05. The Morgan fingerprint density at radius 2 is 1.85 bits per heavy atom. The SMILES string of the molecule is O=C(NCC(=O)N1CCCC(c2nc3ccccc3o2)C1)C1c2ccccc2C(=O)N1C1CC1. The minimum Gasteiger partial charge on any atom is -0.440 e. The van der Waals surface area contributed by atoms with Crippen molar-refractivity contribution in [2.75, 3.05) is 19.6 Å². The van der Waals surface area contributed by atoms with E-state index in [0.717, 1.165) is 42.3 Å². The van der Waals surface area contributed by atoms with Crippen molar-refractivity contribution in [3.63, 3.8) is 0 Å². The van der Waals surface area contributed by atoms with Gasteiger partial charge in [-0.25, -0.2) is 4.98 Å². The molecule has 3 heterocycles. The van der Waals surface area contributed by atoms with Crippen LogP contribution in [0.25, 0.3) is 11.1 Å². The molecule has 3 aromatic rings. The number of hydrogen-bond acceptors (Lipinski definition) is 5. The number of piperidine rings is 1. The molecule has 1 aromatic heterocycles. The number of fused-ring (bicyclic) bond motifs is 2. The van der Waals surface area contributed by atoms with E-state index in [1.54, 1.807) is 15.9 Å². The van der Waals surface area contributed by atoms with Gasteiger partial charge < -0.3 is 19.5 Å². The lowest BCUT2D eigenvalue weighted by Crippen LogP contribution is -2.47. The van der Waals surface area contributed by atoms with E-state index in [4.69, 9.17) is 4.42 Å². The Balaban J connectivity index is 1.12. The molecule has 1 saturated heterocycles. The number of aromatic nitrogens is 1. The minimum atomic E-state index is -0.669. The molecule has 2 fully saturated rings. The maximum Gasteiger partial charge on any atom is 0.255 e. The molecule has 34 heavy (non-hydrogen) atoms. The number of carbonyl (C=O) groups excluding carboxylic acids is 3. The van der Waals surface area contributed by atoms with E-state index in [1.807, 2.05) is 42.5 Å². The van der Waals surface area contributed by atoms with Gasteiger partial charge in [-0.1, -0.05) is 30.3 Å². The zero-order valence-electron chi connectivity index (χ0n) is 18.8. The van der Waals surface area contributed by atoms with Crippen LogP contribution in [0.15, 0.2) is 52.9 Å². The molecule has 2 aliphatic heterocycles. The van der Waals surface area contributed by atoms with Crippen molar-refractivity contribution in [3.05, 3.63) is 65.5 Å². The maximum atomic E-state index is 13.2. The molecule has 1 N–H and O–H groups in total. The van der Waals surface area contributed by atoms with E-state index in [0.29, 0.717) is 24.5 Å². The quantitative estimate of drug-likeness (QED) is 0.634. The van der Waals surface area contributed by atoms with Gasteiger partial charge in [-0.3, -0.25) is 14.4 Å². The van der Waals surface area contributed by atoms with Crippen LogP contribution in [0, 0.1) is 0 Å². The van der Waals surface area contributed by atoms with Crippen LogP contribution in [0.2, 0.25) is 0 Å². The number of oxazole rings is 1. The van der Waals surface area contributed by atoms with Gasteiger partial charge >= 0.3 is 0 Å². The molecule has 2 unspecified atom stereocenters. The molecule has 1 aliphatic carbocycles. The summed E-state index contributed by atoms with van der Waals surface area (Å²) in [4.78, 5) is 47.1. The molecule has 2 atom stereocenters. The molecular weight excluding hydrogens is 432 g/mol. The first-order valence-corrected chi connectivity index (χ1v) is 11.9. The summed E-state index contributed by atoms with van der Waals surface area (Å²) in [5, 5.41) is 2.81. The maximum absolute atomic E-state index is 13.2. The third kappa shape index (κ3) is 3.63. The molecule has 6 rings (SSSR count). The Bertz CT molecular complexity index is 1250. The Morgan fingerprint density at radius 1 is 1.06 bits per heavy atom. The number of amides is 3. The highest BCUT2D eigenvalue weighted by Gasteiger charge is 2.47. The van der Waals surface area contributed by atoms with E-state index < -0.39 is 6.04 Å². The van der Waals surface area contributed by atoms with Crippen molar-refractivity contribution in [1.29, 1.82) is 0 Å². The number of likely N-dealkylation sites (tertiary alicyclic amines) is 1. The van der Waals surface area contributed by atoms with E-state index in [-0.39, 0.29) is 36.2 Å². The minimum absolute atomic E-state index is 0.0329. The molecule has 8 nitrogen and oxygen atoms in total. The normalized spacial score (nSPS) is 22.2.